The van der Waals surface area contributed by atoms with Crippen LogP contribution in [0.15, 0.2) is 109 Å². The topological polar surface area (TPSA) is 80.6 Å². The van der Waals surface area contributed by atoms with Crippen LogP contribution >= 0.6 is 0 Å². The van der Waals surface area contributed by atoms with Gasteiger partial charge in [0.25, 0.3) is 0 Å². The van der Waals surface area contributed by atoms with Crippen LogP contribution in [0, 0.1) is 11.6 Å². The Labute approximate surface area is 254 Å². The van der Waals surface area contributed by atoms with Crippen molar-refractivity contribution < 1.29 is 28.2 Å². The molecule has 1 unspecified atom stereocenters. The molecule has 0 fully saturated rings. The Bertz CT molecular complexity index is 1810. The minimum absolute atomic E-state index is 0.000881. The molecular formula is C36H32F2N2O4. The number of nitrogens with one attached hydrogen (secondary N) is 1. The van der Waals surface area contributed by atoms with Gasteiger partial charge in [-0.05, 0) is 65.9 Å². The number of carbonyl (C=O) groups excluding carboxylic acids is 1. The molecule has 5 aromatic rings. The first-order valence-electron chi connectivity index (χ1n) is 14.4. The van der Waals surface area contributed by atoms with Crippen molar-refractivity contribution in [3.8, 4) is 5.75 Å². The third-order valence-corrected chi connectivity index (χ3v) is 7.37. The van der Waals surface area contributed by atoms with E-state index in [1.165, 1.54) is 12.1 Å². The van der Waals surface area contributed by atoms with Crippen LogP contribution in [0.25, 0.3) is 16.5 Å². The van der Waals surface area contributed by atoms with E-state index in [1.807, 2.05) is 72.3 Å². The van der Waals surface area contributed by atoms with E-state index in [4.69, 9.17) is 9.84 Å². The number of carboxylic acid groups (broad SMARTS) is 1. The number of aromatic nitrogens is 1. The normalized spacial score (nSPS) is 12.2. The Morgan fingerprint density at radius 3 is 2.48 bits per heavy atom. The van der Waals surface area contributed by atoms with Crippen molar-refractivity contribution in [1.82, 2.24) is 4.57 Å². The van der Waals surface area contributed by atoms with Crippen LogP contribution in [0.4, 0.5) is 14.5 Å². The minimum Gasteiger partial charge on any atom is -0.491 e. The highest BCUT2D eigenvalue weighted by Gasteiger charge is 2.22. The molecule has 0 bridgehead atoms. The molecule has 0 aliphatic carbocycles. The summed E-state index contributed by atoms with van der Waals surface area (Å²) < 4.78 is 36.5. The molecule has 1 heterocycles. The number of fused-ring (bicyclic) bond motifs is 1. The van der Waals surface area contributed by atoms with Gasteiger partial charge in [0.15, 0.2) is 0 Å². The molecule has 8 heteroatoms. The number of rotatable bonds is 12. The molecule has 44 heavy (non-hydrogen) atoms. The average molecular weight is 595 g/mol. The number of carbonyl (C=O) groups is 2. The molecule has 1 atom stereocenters. The number of anilines is 1. The monoisotopic (exact) mass is 594 g/mol. The first kappa shape index (κ1) is 30.2. The van der Waals surface area contributed by atoms with Gasteiger partial charge in [0.2, 0.25) is 5.91 Å². The summed E-state index contributed by atoms with van der Waals surface area (Å²) in [6.07, 6.45) is 4.40. The lowest BCUT2D eigenvalue weighted by Crippen LogP contribution is -2.13. The van der Waals surface area contributed by atoms with Gasteiger partial charge >= 0.3 is 5.97 Å². The predicted octanol–water partition coefficient (Wildman–Crippen LogP) is 8.23. The summed E-state index contributed by atoms with van der Waals surface area (Å²) in [7, 11) is 0. The maximum Gasteiger partial charge on any atom is 0.303 e. The summed E-state index contributed by atoms with van der Waals surface area (Å²) in [5.74, 6) is -2.00. The molecule has 5 rings (SSSR count). The molecule has 0 spiro atoms. The first-order chi connectivity index (χ1) is 21.3. The van der Waals surface area contributed by atoms with E-state index in [1.54, 1.807) is 30.3 Å². The largest absolute Gasteiger partial charge is 0.491 e. The zero-order chi connectivity index (χ0) is 31.1. The van der Waals surface area contributed by atoms with Crippen molar-refractivity contribution in [2.24, 2.45) is 0 Å². The van der Waals surface area contributed by atoms with Crippen molar-refractivity contribution >= 4 is 34.0 Å². The number of hydrogen-bond donors (Lipinski definition) is 2. The zero-order valence-electron chi connectivity index (χ0n) is 24.2. The van der Waals surface area contributed by atoms with Gasteiger partial charge in [0, 0.05) is 41.2 Å². The molecule has 224 valence electrons. The van der Waals surface area contributed by atoms with E-state index in [-0.39, 0.29) is 18.9 Å². The second kappa shape index (κ2) is 13.8. The van der Waals surface area contributed by atoms with Crippen LogP contribution in [0.1, 0.15) is 48.9 Å². The van der Waals surface area contributed by atoms with Crippen molar-refractivity contribution in [3.63, 3.8) is 0 Å². The number of allylic oxidation sites excluding steroid dienone is 1. The highest BCUT2D eigenvalue weighted by atomic mass is 19.1. The van der Waals surface area contributed by atoms with E-state index >= 15 is 4.39 Å². The third-order valence-electron chi connectivity index (χ3n) is 7.37. The molecule has 1 aromatic heterocycles. The van der Waals surface area contributed by atoms with Crippen molar-refractivity contribution in [3.05, 3.63) is 138 Å². The lowest BCUT2D eigenvalue weighted by molar-refractivity contribution is -0.137. The van der Waals surface area contributed by atoms with Crippen LogP contribution in [0.5, 0.6) is 5.75 Å². The van der Waals surface area contributed by atoms with E-state index in [2.05, 4.69) is 5.32 Å². The predicted molar refractivity (Wildman–Crippen MR) is 168 cm³/mol. The van der Waals surface area contributed by atoms with Crippen molar-refractivity contribution in [2.45, 2.75) is 32.2 Å². The minimum atomic E-state index is -0.889. The van der Waals surface area contributed by atoms with Gasteiger partial charge in [-0.1, -0.05) is 61.5 Å². The molecule has 4 aromatic carbocycles. The Morgan fingerprint density at radius 1 is 0.955 bits per heavy atom. The highest BCUT2D eigenvalue weighted by molar-refractivity contribution is 6.05. The van der Waals surface area contributed by atoms with E-state index in [0.29, 0.717) is 29.8 Å². The molecule has 0 aliphatic heterocycles. The maximum atomic E-state index is 15.1. The maximum absolute atomic E-state index is 15.1. The number of amides is 1. The van der Waals surface area contributed by atoms with Gasteiger partial charge in [-0.25, -0.2) is 8.78 Å². The number of halogens is 2. The number of para-hydroxylation sites is 2. The summed E-state index contributed by atoms with van der Waals surface area (Å²) in [6, 6.07) is 27.5. The number of benzene rings is 4. The lowest BCUT2D eigenvalue weighted by Gasteiger charge is -2.22. The standard InChI is InChI=1S/C36H32F2N2O4/c1-2-24(22-34(41)39-31-11-6-7-12-33(31)44-20-8-13-35(42)43)26-14-17-32-27(21-26)18-19-40(32)36(25-9-4-3-5-10-25)29-16-15-28(37)23-30(29)38/h3-7,9-12,14-19,21-23,36H,2,8,13,20H2,1H3,(H,39,41)(H,42,43)/b24-22-. The van der Waals surface area contributed by atoms with Crippen molar-refractivity contribution in [2.75, 3.05) is 11.9 Å². The highest BCUT2D eigenvalue weighted by Crippen LogP contribution is 2.34. The molecule has 6 nitrogen and oxygen atoms in total. The van der Waals surface area contributed by atoms with Gasteiger partial charge in [-0.3, -0.25) is 9.59 Å². The van der Waals surface area contributed by atoms with Gasteiger partial charge in [-0.2, -0.15) is 0 Å². The fraction of sp³-hybridized carbons (Fsp3) is 0.167. The Morgan fingerprint density at radius 2 is 1.73 bits per heavy atom. The zero-order valence-corrected chi connectivity index (χ0v) is 24.2. The molecular weight excluding hydrogens is 562 g/mol. The summed E-state index contributed by atoms with van der Waals surface area (Å²) in [6.45, 7) is 2.19. The van der Waals surface area contributed by atoms with Crippen LogP contribution < -0.4 is 10.1 Å². The van der Waals surface area contributed by atoms with E-state index in [9.17, 15) is 14.0 Å². The van der Waals surface area contributed by atoms with Gasteiger partial charge in [0.1, 0.15) is 17.4 Å². The second-order valence-corrected chi connectivity index (χ2v) is 10.3. The number of nitrogens with zero attached hydrogens (tertiary/aromatic N) is 1. The van der Waals surface area contributed by atoms with E-state index in [0.717, 1.165) is 33.7 Å². The molecule has 1 amide bonds. The van der Waals surface area contributed by atoms with Crippen LogP contribution in [-0.4, -0.2) is 28.2 Å². The number of ether oxygens (including phenoxy) is 1. The third kappa shape index (κ3) is 7.03. The SMILES string of the molecule is CC/C(=C/C(=O)Nc1ccccc1OCCCC(=O)O)c1ccc2c(ccn2C(c2ccccc2)c2ccc(F)cc2F)c1. The Balaban J connectivity index is 1.41. The van der Waals surface area contributed by atoms with Crippen LogP contribution in [0.2, 0.25) is 0 Å². The first-order valence-corrected chi connectivity index (χ1v) is 14.4. The fourth-order valence-electron chi connectivity index (χ4n) is 5.26. The smallest absolute Gasteiger partial charge is 0.303 e. The molecule has 0 radical (unpaired) electrons. The van der Waals surface area contributed by atoms with Gasteiger partial charge in [-0.15, -0.1) is 0 Å². The van der Waals surface area contributed by atoms with Gasteiger partial charge < -0.3 is 19.7 Å². The van der Waals surface area contributed by atoms with Crippen LogP contribution in [-0.2, 0) is 9.59 Å². The van der Waals surface area contributed by atoms with E-state index < -0.39 is 23.6 Å². The number of aliphatic carboxylic acids is 1. The van der Waals surface area contributed by atoms with Gasteiger partial charge in [0.05, 0.1) is 18.3 Å². The molecule has 2 N–H and O–H groups in total. The Hall–Kier alpha value is -5.24. The quantitative estimate of drug-likeness (QED) is 0.113. The Kier molecular flexibility index (Phi) is 9.49. The molecule has 0 saturated heterocycles. The number of hydrogen-bond acceptors (Lipinski definition) is 3. The average Bonchev–Trinajstić information content (AvgIpc) is 3.43. The fourth-order valence-corrected chi connectivity index (χ4v) is 5.26. The van der Waals surface area contributed by atoms with Crippen LogP contribution in [0.3, 0.4) is 0 Å². The summed E-state index contributed by atoms with van der Waals surface area (Å²) in [5.41, 5.74) is 4.26. The van der Waals surface area contributed by atoms with Crippen molar-refractivity contribution in [1.29, 1.82) is 0 Å². The molecule has 0 saturated carbocycles. The summed E-state index contributed by atoms with van der Waals surface area (Å²) in [4.78, 5) is 23.8. The summed E-state index contributed by atoms with van der Waals surface area (Å²) in [5, 5.41) is 12.6. The second-order valence-electron chi connectivity index (χ2n) is 10.3. The lowest BCUT2D eigenvalue weighted by atomic mass is 9.97. The molecule has 0 aliphatic rings. The summed E-state index contributed by atoms with van der Waals surface area (Å²) >= 11 is 0. The number of carboxylic acids is 1.